The molecule has 1 atom stereocenters. The zero-order valence-corrected chi connectivity index (χ0v) is 17.7. The van der Waals surface area contributed by atoms with Gasteiger partial charge in [-0.25, -0.2) is 4.99 Å². The first-order valence-corrected chi connectivity index (χ1v) is 8.79. The monoisotopic (exact) mass is 470 g/mol. The van der Waals surface area contributed by atoms with Gasteiger partial charge in [0.2, 0.25) is 0 Å². The topological polar surface area (TPSA) is 67.6 Å². The standard InChI is InChI=1S/C18H26N6O.HI/c1-3-19-18(23(2)12-15-9-10-25-13-15)20-11-17-22-21-14-24(17)16-7-5-4-6-8-16;/h4-8,14-15H,3,9-13H2,1-2H3,(H,19,20);1H. The molecule has 1 aliphatic rings. The Labute approximate surface area is 171 Å². The summed E-state index contributed by atoms with van der Waals surface area (Å²) in [7, 11) is 2.07. The predicted molar refractivity (Wildman–Crippen MR) is 113 cm³/mol. The lowest BCUT2D eigenvalue weighted by molar-refractivity contribution is 0.181. The van der Waals surface area contributed by atoms with Crippen molar-refractivity contribution < 1.29 is 4.74 Å². The Balaban J connectivity index is 0.00000243. The summed E-state index contributed by atoms with van der Waals surface area (Å²) in [5.41, 5.74) is 1.04. The number of hydrogen-bond acceptors (Lipinski definition) is 4. The van der Waals surface area contributed by atoms with E-state index in [0.29, 0.717) is 12.5 Å². The summed E-state index contributed by atoms with van der Waals surface area (Å²) in [6.45, 7) is 6.03. The van der Waals surface area contributed by atoms with Gasteiger partial charge in [-0.2, -0.15) is 0 Å². The van der Waals surface area contributed by atoms with Gasteiger partial charge in [0.1, 0.15) is 12.9 Å². The number of benzene rings is 1. The molecule has 2 aromatic rings. The van der Waals surface area contributed by atoms with E-state index >= 15 is 0 Å². The van der Waals surface area contributed by atoms with E-state index in [0.717, 1.165) is 50.2 Å². The number of aromatic nitrogens is 3. The zero-order valence-electron chi connectivity index (χ0n) is 15.3. The van der Waals surface area contributed by atoms with Crippen molar-refractivity contribution in [1.82, 2.24) is 25.0 Å². The van der Waals surface area contributed by atoms with Crippen LogP contribution in [0.25, 0.3) is 5.69 Å². The smallest absolute Gasteiger partial charge is 0.194 e. The van der Waals surface area contributed by atoms with Crippen molar-refractivity contribution in [2.75, 3.05) is 33.4 Å². The molecule has 1 aliphatic heterocycles. The lowest BCUT2D eigenvalue weighted by Crippen LogP contribution is -2.41. The fraction of sp³-hybridized carbons (Fsp3) is 0.500. The summed E-state index contributed by atoms with van der Waals surface area (Å²) < 4.78 is 7.44. The normalized spacial score (nSPS) is 17.0. The van der Waals surface area contributed by atoms with Crippen molar-refractivity contribution in [2.45, 2.75) is 19.9 Å². The lowest BCUT2D eigenvalue weighted by Gasteiger charge is -2.24. The number of guanidine groups is 1. The quantitative estimate of drug-likeness (QED) is 0.399. The minimum absolute atomic E-state index is 0. The van der Waals surface area contributed by atoms with Gasteiger partial charge in [0.05, 0.1) is 6.61 Å². The predicted octanol–water partition coefficient (Wildman–Crippen LogP) is 2.32. The van der Waals surface area contributed by atoms with Crippen molar-refractivity contribution >= 4 is 29.9 Å². The number of nitrogens with zero attached hydrogens (tertiary/aromatic N) is 5. The third kappa shape index (κ3) is 5.41. The molecule has 8 heteroatoms. The largest absolute Gasteiger partial charge is 0.381 e. The third-order valence-electron chi connectivity index (χ3n) is 4.28. The Kier molecular flexibility index (Phi) is 8.30. The Hall–Kier alpha value is -1.68. The van der Waals surface area contributed by atoms with Crippen LogP contribution in [0.5, 0.6) is 0 Å². The van der Waals surface area contributed by atoms with Crippen LogP contribution in [0.2, 0.25) is 0 Å². The molecule has 2 heterocycles. The maximum atomic E-state index is 5.47. The molecule has 0 aliphatic carbocycles. The Morgan fingerprint density at radius 3 is 2.88 bits per heavy atom. The highest BCUT2D eigenvalue weighted by Gasteiger charge is 2.19. The van der Waals surface area contributed by atoms with E-state index in [4.69, 9.17) is 9.73 Å². The number of hydrogen-bond donors (Lipinski definition) is 1. The molecule has 1 N–H and O–H groups in total. The summed E-state index contributed by atoms with van der Waals surface area (Å²) in [5, 5.41) is 11.6. The van der Waals surface area contributed by atoms with E-state index in [-0.39, 0.29) is 24.0 Å². The van der Waals surface area contributed by atoms with Crippen LogP contribution in [0.4, 0.5) is 0 Å². The first kappa shape index (κ1) is 20.6. The molecular weight excluding hydrogens is 443 g/mol. The van der Waals surface area contributed by atoms with Crippen LogP contribution in [0, 0.1) is 5.92 Å². The van der Waals surface area contributed by atoms with Gasteiger partial charge in [-0.15, -0.1) is 34.2 Å². The van der Waals surface area contributed by atoms with Gasteiger partial charge in [-0.05, 0) is 25.5 Å². The van der Waals surface area contributed by atoms with Gasteiger partial charge in [-0.3, -0.25) is 4.57 Å². The van der Waals surface area contributed by atoms with Gasteiger partial charge >= 0.3 is 0 Å². The second-order valence-corrected chi connectivity index (χ2v) is 6.23. The number of halogens is 1. The first-order chi connectivity index (χ1) is 12.3. The SMILES string of the molecule is CCNC(=NCc1nncn1-c1ccccc1)N(C)CC1CCOC1.I. The number of nitrogens with one attached hydrogen (secondary N) is 1. The van der Waals surface area contributed by atoms with E-state index in [9.17, 15) is 0 Å². The number of para-hydroxylation sites is 1. The molecular formula is C18H27IN6O. The molecule has 3 rings (SSSR count). The molecule has 1 aromatic carbocycles. The van der Waals surface area contributed by atoms with Gasteiger partial charge in [0.25, 0.3) is 0 Å². The summed E-state index contributed by atoms with van der Waals surface area (Å²) in [5.74, 6) is 2.28. The fourth-order valence-electron chi connectivity index (χ4n) is 2.99. The van der Waals surface area contributed by atoms with Crippen LogP contribution in [-0.4, -0.2) is 59.0 Å². The van der Waals surface area contributed by atoms with Crippen molar-refractivity contribution in [1.29, 1.82) is 0 Å². The molecule has 1 aromatic heterocycles. The molecule has 1 saturated heterocycles. The molecule has 0 bridgehead atoms. The molecule has 0 saturated carbocycles. The molecule has 1 unspecified atom stereocenters. The minimum atomic E-state index is 0. The second kappa shape index (κ2) is 10.5. The highest BCUT2D eigenvalue weighted by atomic mass is 127. The van der Waals surface area contributed by atoms with E-state index in [1.165, 1.54) is 0 Å². The molecule has 7 nitrogen and oxygen atoms in total. The number of aliphatic imine (C=N–C) groups is 1. The van der Waals surface area contributed by atoms with Crippen LogP contribution >= 0.6 is 24.0 Å². The van der Waals surface area contributed by atoms with Gasteiger partial charge in [0, 0.05) is 38.3 Å². The van der Waals surface area contributed by atoms with Crippen molar-refractivity contribution in [3.8, 4) is 5.69 Å². The minimum Gasteiger partial charge on any atom is -0.381 e. The van der Waals surface area contributed by atoms with Gasteiger partial charge < -0.3 is 15.0 Å². The highest BCUT2D eigenvalue weighted by Crippen LogP contribution is 2.14. The van der Waals surface area contributed by atoms with Crippen LogP contribution in [0.1, 0.15) is 19.2 Å². The lowest BCUT2D eigenvalue weighted by atomic mass is 10.1. The summed E-state index contributed by atoms with van der Waals surface area (Å²) in [4.78, 5) is 6.92. The highest BCUT2D eigenvalue weighted by molar-refractivity contribution is 14.0. The Morgan fingerprint density at radius 2 is 2.19 bits per heavy atom. The van der Waals surface area contributed by atoms with E-state index in [1.807, 2.05) is 34.9 Å². The molecule has 26 heavy (non-hydrogen) atoms. The van der Waals surface area contributed by atoms with E-state index in [2.05, 4.69) is 34.4 Å². The van der Waals surface area contributed by atoms with Crippen molar-refractivity contribution in [2.24, 2.45) is 10.9 Å². The van der Waals surface area contributed by atoms with Crippen LogP contribution in [0.15, 0.2) is 41.7 Å². The fourth-order valence-corrected chi connectivity index (χ4v) is 2.99. The third-order valence-corrected chi connectivity index (χ3v) is 4.28. The van der Waals surface area contributed by atoms with Gasteiger partial charge in [0.15, 0.2) is 11.8 Å². The zero-order chi connectivity index (χ0) is 17.5. The van der Waals surface area contributed by atoms with Gasteiger partial charge in [-0.1, -0.05) is 18.2 Å². The van der Waals surface area contributed by atoms with Crippen molar-refractivity contribution in [3.05, 3.63) is 42.5 Å². The number of rotatable bonds is 6. The average Bonchev–Trinajstić information content (AvgIpc) is 3.31. The first-order valence-electron chi connectivity index (χ1n) is 8.79. The van der Waals surface area contributed by atoms with E-state index < -0.39 is 0 Å². The Morgan fingerprint density at radius 1 is 1.38 bits per heavy atom. The molecule has 0 spiro atoms. The average molecular weight is 470 g/mol. The Bertz CT molecular complexity index is 684. The van der Waals surface area contributed by atoms with E-state index in [1.54, 1.807) is 6.33 Å². The molecule has 142 valence electrons. The van der Waals surface area contributed by atoms with Crippen LogP contribution < -0.4 is 5.32 Å². The summed E-state index contributed by atoms with van der Waals surface area (Å²) in [6.07, 6.45) is 2.85. The summed E-state index contributed by atoms with van der Waals surface area (Å²) >= 11 is 0. The van der Waals surface area contributed by atoms with Crippen molar-refractivity contribution in [3.63, 3.8) is 0 Å². The maximum absolute atomic E-state index is 5.47. The second-order valence-electron chi connectivity index (χ2n) is 6.23. The molecule has 1 fully saturated rings. The maximum Gasteiger partial charge on any atom is 0.194 e. The molecule has 0 amide bonds. The van der Waals surface area contributed by atoms with Crippen LogP contribution in [0.3, 0.4) is 0 Å². The molecule has 0 radical (unpaired) electrons. The van der Waals surface area contributed by atoms with Crippen LogP contribution in [-0.2, 0) is 11.3 Å². The summed E-state index contributed by atoms with van der Waals surface area (Å²) in [6, 6.07) is 10.1. The number of ether oxygens (including phenoxy) is 1.